The van der Waals surface area contributed by atoms with Gasteiger partial charge in [-0.05, 0) is 55.2 Å². The van der Waals surface area contributed by atoms with Crippen LogP contribution in [0.15, 0.2) is 34.8 Å². The maximum absolute atomic E-state index is 12.9. The van der Waals surface area contributed by atoms with Crippen molar-refractivity contribution >= 4 is 21.6 Å². The van der Waals surface area contributed by atoms with E-state index < -0.39 is 0 Å². The Morgan fingerprint density at radius 2 is 2.09 bits per heavy atom. The van der Waals surface area contributed by atoms with Crippen molar-refractivity contribution in [2.75, 3.05) is 0 Å². The first-order valence-electron chi connectivity index (χ1n) is 7.53. The summed E-state index contributed by atoms with van der Waals surface area (Å²) in [5.41, 5.74) is 4.10. The molecule has 0 aliphatic heterocycles. The van der Waals surface area contributed by atoms with Gasteiger partial charge in [0.15, 0.2) is 0 Å². The van der Waals surface area contributed by atoms with Gasteiger partial charge in [-0.2, -0.15) is 0 Å². The van der Waals surface area contributed by atoms with E-state index in [1.165, 1.54) is 11.3 Å². The van der Waals surface area contributed by atoms with Crippen LogP contribution in [0.1, 0.15) is 35.7 Å². The minimum atomic E-state index is 0.00741. The van der Waals surface area contributed by atoms with Crippen molar-refractivity contribution in [1.29, 1.82) is 0 Å². The first-order chi connectivity index (χ1) is 10.7. The highest BCUT2D eigenvalue weighted by Crippen LogP contribution is 2.43. The van der Waals surface area contributed by atoms with Gasteiger partial charge in [0.1, 0.15) is 4.70 Å². The van der Waals surface area contributed by atoms with Crippen LogP contribution in [0.5, 0.6) is 0 Å². The molecule has 5 heteroatoms. The second kappa shape index (κ2) is 5.02. The molecule has 4 nitrogen and oxygen atoms in total. The number of aromatic nitrogens is 3. The number of hydrogen-bond acceptors (Lipinski definition) is 4. The Hall–Kier alpha value is -2.01. The van der Waals surface area contributed by atoms with E-state index in [0.29, 0.717) is 5.92 Å². The molecule has 1 unspecified atom stereocenters. The van der Waals surface area contributed by atoms with Crippen LogP contribution >= 0.6 is 11.3 Å². The van der Waals surface area contributed by atoms with Crippen molar-refractivity contribution in [3.8, 4) is 0 Å². The number of fused-ring (bicyclic) bond motifs is 1. The van der Waals surface area contributed by atoms with Crippen molar-refractivity contribution in [1.82, 2.24) is 14.5 Å². The summed E-state index contributed by atoms with van der Waals surface area (Å²) >= 11 is 1.49. The van der Waals surface area contributed by atoms with Crippen molar-refractivity contribution in [3.05, 3.63) is 57.2 Å². The fraction of sp³-hybridized carbons (Fsp3) is 0.353. The smallest absolute Gasteiger partial charge is 0.271 e. The summed E-state index contributed by atoms with van der Waals surface area (Å²) in [5, 5.41) is 2.00. The molecular formula is C17H17N3OS. The predicted molar refractivity (Wildman–Crippen MR) is 88.5 cm³/mol. The quantitative estimate of drug-likeness (QED) is 0.744. The summed E-state index contributed by atoms with van der Waals surface area (Å²) in [5.74, 6) is 0.492. The van der Waals surface area contributed by atoms with Gasteiger partial charge in [0, 0.05) is 6.20 Å². The number of rotatable bonds is 3. The lowest BCUT2D eigenvalue weighted by molar-refractivity contribution is 0.487. The Bertz CT molecular complexity index is 908. The molecule has 0 aromatic carbocycles. The predicted octanol–water partition coefficient (Wildman–Crippen LogP) is 3.47. The van der Waals surface area contributed by atoms with E-state index in [0.717, 1.165) is 39.9 Å². The van der Waals surface area contributed by atoms with Crippen molar-refractivity contribution in [2.24, 2.45) is 5.92 Å². The zero-order valence-corrected chi connectivity index (χ0v) is 13.4. The van der Waals surface area contributed by atoms with Gasteiger partial charge in [-0.1, -0.05) is 6.07 Å². The lowest BCUT2D eigenvalue weighted by Gasteiger charge is -2.20. The molecule has 0 radical (unpaired) electrons. The second-order valence-electron chi connectivity index (χ2n) is 6.04. The fourth-order valence-electron chi connectivity index (χ4n) is 3.04. The number of aryl methyl sites for hydroxylation is 2. The summed E-state index contributed by atoms with van der Waals surface area (Å²) in [6.45, 7) is 4.06. The highest BCUT2D eigenvalue weighted by atomic mass is 32.1. The molecule has 3 aromatic rings. The van der Waals surface area contributed by atoms with Gasteiger partial charge in [-0.25, -0.2) is 4.98 Å². The summed E-state index contributed by atoms with van der Waals surface area (Å²) in [4.78, 5) is 22.0. The molecule has 22 heavy (non-hydrogen) atoms. The van der Waals surface area contributed by atoms with E-state index in [4.69, 9.17) is 0 Å². The third-order valence-corrected chi connectivity index (χ3v) is 5.46. The Labute approximate surface area is 132 Å². The van der Waals surface area contributed by atoms with Gasteiger partial charge in [0.05, 0.1) is 23.6 Å². The zero-order chi connectivity index (χ0) is 15.3. The van der Waals surface area contributed by atoms with E-state index in [2.05, 4.69) is 23.0 Å². The van der Waals surface area contributed by atoms with Gasteiger partial charge in [-0.3, -0.25) is 14.3 Å². The van der Waals surface area contributed by atoms with E-state index >= 15 is 0 Å². The Balaban J connectivity index is 1.93. The largest absolute Gasteiger partial charge is 0.289 e. The molecule has 3 aromatic heterocycles. The summed E-state index contributed by atoms with van der Waals surface area (Å²) in [7, 11) is 0. The minimum absolute atomic E-state index is 0.00741. The van der Waals surface area contributed by atoms with Gasteiger partial charge in [-0.15, -0.1) is 11.3 Å². The second-order valence-corrected chi connectivity index (χ2v) is 6.92. The van der Waals surface area contributed by atoms with Gasteiger partial charge >= 0.3 is 0 Å². The molecule has 0 saturated heterocycles. The van der Waals surface area contributed by atoms with E-state index in [-0.39, 0.29) is 11.6 Å². The van der Waals surface area contributed by atoms with E-state index in [1.54, 1.807) is 10.9 Å². The molecule has 1 saturated carbocycles. The SMILES string of the molecule is Cc1cccnc1C(C1CC1)n1cnc2c(C)csc2c1=O. The lowest BCUT2D eigenvalue weighted by atomic mass is 10.0. The number of hydrogen-bond donors (Lipinski definition) is 0. The Kier molecular flexibility index (Phi) is 3.11. The molecule has 4 rings (SSSR count). The number of thiophene rings is 1. The Morgan fingerprint density at radius 1 is 1.27 bits per heavy atom. The molecule has 0 N–H and O–H groups in total. The van der Waals surface area contributed by atoms with Gasteiger partial charge < -0.3 is 0 Å². The zero-order valence-electron chi connectivity index (χ0n) is 12.6. The van der Waals surface area contributed by atoms with Crippen molar-refractivity contribution in [3.63, 3.8) is 0 Å². The monoisotopic (exact) mass is 311 g/mol. The molecule has 3 heterocycles. The topological polar surface area (TPSA) is 47.8 Å². The van der Waals surface area contributed by atoms with Crippen molar-refractivity contribution < 1.29 is 0 Å². The molecule has 0 spiro atoms. The summed E-state index contributed by atoms with van der Waals surface area (Å²) in [6, 6.07) is 4.01. The average Bonchev–Trinajstić information content (AvgIpc) is 3.27. The van der Waals surface area contributed by atoms with Crippen LogP contribution in [0.3, 0.4) is 0 Å². The lowest BCUT2D eigenvalue weighted by Crippen LogP contribution is -2.27. The standard InChI is InChI=1S/C17H17N3OS/c1-10-4-3-7-18-13(10)15(12-5-6-12)20-9-19-14-11(2)8-22-16(14)17(20)21/h3-4,7-9,12,15H,5-6H2,1-2H3. The van der Waals surface area contributed by atoms with E-state index in [9.17, 15) is 4.79 Å². The molecule has 0 bridgehead atoms. The minimum Gasteiger partial charge on any atom is -0.289 e. The summed E-state index contributed by atoms with van der Waals surface area (Å²) in [6.07, 6.45) is 5.81. The molecule has 1 fully saturated rings. The van der Waals surface area contributed by atoms with Gasteiger partial charge in [0.2, 0.25) is 0 Å². The molecule has 1 aliphatic carbocycles. The Morgan fingerprint density at radius 3 is 2.82 bits per heavy atom. The molecular weight excluding hydrogens is 294 g/mol. The van der Waals surface area contributed by atoms with Crippen LogP contribution in [0.4, 0.5) is 0 Å². The molecule has 0 amide bonds. The number of pyridine rings is 1. The number of nitrogens with zero attached hydrogens (tertiary/aromatic N) is 3. The highest BCUT2D eigenvalue weighted by molar-refractivity contribution is 7.17. The molecule has 112 valence electrons. The highest BCUT2D eigenvalue weighted by Gasteiger charge is 2.36. The van der Waals surface area contributed by atoms with Crippen LogP contribution in [0, 0.1) is 19.8 Å². The van der Waals surface area contributed by atoms with Crippen LogP contribution < -0.4 is 5.56 Å². The first-order valence-corrected chi connectivity index (χ1v) is 8.41. The van der Waals surface area contributed by atoms with Crippen LogP contribution in [0.2, 0.25) is 0 Å². The van der Waals surface area contributed by atoms with Crippen molar-refractivity contribution in [2.45, 2.75) is 32.7 Å². The normalized spacial score (nSPS) is 16.1. The molecule has 1 aliphatic rings. The van der Waals surface area contributed by atoms with Crippen LogP contribution in [-0.4, -0.2) is 14.5 Å². The fourth-order valence-corrected chi connectivity index (χ4v) is 3.98. The maximum atomic E-state index is 12.9. The summed E-state index contributed by atoms with van der Waals surface area (Å²) < 4.78 is 2.55. The van der Waals surface area contributed by atoms with Gasteiger partial charge in [0.25, 0.3) is 5.56 Å². The van der Waals surface area contributed by atoms with Crippen LogP contribution in [-0.2, 0) is 0 Å². The third-order valence-electron chi connectivity index (χ3n) is 4.38. The van der Waals surface area contributed by atoms with Crippen LogP contribution in [0.25, 0.3) is 10.2 Å². The molecule has 1 atom stereocenters. The first kappa shape index (κ1) is 13.6. The van der Waals surface area contributed by atoms with E-state index in [1.807, 2.05) is 24.6 Å². The third kappa shape index (κ3) is 2.08. The maximum Gasteiger partial charge on any atom is 0.271 e. The average molecular weight is 311 g/mol.